The van der Waals surface area contributed by atoms with Gasteiger partial charge in [0.25, 0.3) is 0 Å². The number of nitrogens with two attached hydrogens (primary N) is 1. The normalized spacial score (nSPS) is 10.3. The molecule has 0 aliphatic rings. The first-order valence-corrected chi connectivity index (χ1v) is 6.55. The van der Waals surface area contributed by atoms with Crippen molar-refractivity contribution in [1.82, 2.24) is 9.97 Å². The third kappa shape index (κ3) is 2.97. The molecule has 20 heavy (non-hydrogen) atoms. The van der Waals surface area contributed by atoms with Crippen LogP contribution in [-0.2, 0) is 0 Å². The predicted octanol–water partition coefficient (Wildman–Crippen LogP) is 3.43. The molecular weight excluding hydrogens is 350 g/mol. The number of halogens is 2. The summed E-state index contributed by atoms with van der Waals surface area (Å²) in [5.74, 6) is -0.0597. The van der Waals surface area contributed by atoms with E-state index in [1.54, 1.807) is 12.1 Å². The Morgan fingerprint density at radius 3 is 2.85 bits per heavy atom. The summed E-state index contributed by atoms with van der Waals surface area (Å²) in [6.45, 7) is 1.85. The standard InChI is InChI=1S/C11H9BrClN5O2/c1-5-2-6(12)8(3-7(5)13)16-10-9(18(19)20)4-15-11(14)17-10/h2-4H,1H3,(H3,14,15,16,17). The third-order valence-electron chi connectivity index (χ3n) is 2.49. The SMILES string of the molecule is Cc1cc(Br)c(Nc2nc(N)ncc2[N+](=O)[O-])cc1Cl. The van der Waals surface area contributed by atoms with Crippen molar-refractivity contribution in [3.8, 4) is 0 Å². The van der Waals surface area contributed by atoms with Crippen LogP contribution in [0.2, 0.25) is 5.02 Å². The summed E-state index contributed by atoms with van der Waals surface area (Å²) >= 11 is 9.39. The van der Waals surface area contributed by atoms with E-state index in [0.717, 1.165) is 11.8 Å². The highest BCUT2D eigenvalue weighted by Gasteiger charge is 2.18. The Kier molecular flexibility index (Phi) is 4.05. The second-order valence-corrected chi connectivity index (χ2v) is 5.19. The molecule has 0 saturated carbocycles. The van der Waals surface area contributed by atoms with Crippen LogP contribution in [0.3, 0.4) is 0 Å². The highest BCUT2D eigenvalue weighted by molar-refractivity contribution is 9.10. The van der Waals surface area contributed by atoms with Crippen LogP contribution in [-0.4, -0.2) is 14.9 Å². The van der Waals surface area contributed by atoms with Crippen molar-refractivity contribution in [2.75, 3.05) is 11.1 Å². The van der Waals surface area contributed by atoms with Crippen LogP contribution in [0.4, 0.5) is 23.1 Å². The lowest BCUT2D eigenvalue weighted by Gasteiger charge is -2.10. The number of nitrogens with zero attached hydrogens (tertiary/aromatic N) is 3. The van der Waals surface area contributed by atoms with Crippen LogP contribution < -0.4 is 11.1 Å². The molecule has 9 heteroatoms. The number of benzene rings is 1. The molecular formula is C11H9BrClN5O2. The molecule has 0 bridgehead atoms. The van der Waals surface area contributed by atoms with Gasteiger partial charge in [0, 0.05) is 9.50 Å². The molecule has 7 nitrogen and oxygen atoms in total. The van der Waals surface area contributed by atoms with E-state index < -0.39 is 4.92 Å². The van der Waals surface area contributed by atoms with E-state index in [4.69, 9.17) is 17.3 Å². The van der Waals surface area contributed by atoms with Crippen molar-refractivity contribution in [2.45, 2.75) is 6.92 Å². The van der Waals surface area contributed by atoms with E-state index in [-0.39, 0.29) is 17.5 Å². The number of hydrogen-bond donors (Lipinski definition) is 2. The molecule has 0 radical (unpaired) electrons. The number of anilines is 3. The maximum Gasteiger partial charge on any atom is 0.329 e. The average Bonchev–Trinajstić information content (AvgIpc) is 2.35. The molecule has 0 unspecified atom stereocenters. The van der Waals surface area contributed by atoms with E-state index in [1.165, 1.54) is 0 Å². The van der Waals surface area contributed by atoms with E-state index in [1.807, 2.05) is 6.92 Å². The second-order valence-electron chi connectivity index (χ2n) is 3.93. The number of aromatic nitrogens is 2. The first-order valence-electron chi connectivity index (χ1n) is 5.38. The van der Waals surface area contributed by atoms with Crippen molar-refractivity contribution >= 4 is 50.7 Å². The van der Waals surface area contributed by atoms with Crippen molar-refractivity contribution in [2.24, 2.45) is 0 Å². The fraction of sp³-hybridized carbons (Fsp3) is 0.0909. The van der Waals surface area contributed by atoms with Crippen molar-refractivity contribution in [3.63, 3.8) is 0 Å². The van der Waals surface area contributed by atoms with Crippen LogP contribution in [0.25, 0.3) is 0 Å². The van der Waals surface area contributed by atoms with Crippen LogP contribution in [0.15, 0.2) is 22.8 Å². The van der Waals surface area contributed by atoms with Gasteiger partial charge in [0.15, 0.2) is 0 Å². The summed E-state index contributed by atoms with van der Waals surface area (Å²) in [6, 6.07) is 3.43. The Bertz CT molecular complexity index is 695. The Morgan fingerprint density at radius 2 is 2.20 bits per heavy atom. The molecule has 1 aromatic heterocycles. The minimum absolute atomic E-state index is 0.00289. The summed E-state index contributed by atoms with van der Waals surface area (Å²) in [7, 11) is 0. The van der Waals surface area contributed by atoms with Gasteiger partial charge in [-0.1, -0.05) is 11.6 Å². The smallest absolute Gasteiger partial charge is 0.329 e. The van der Waals surface area contributed by atoms with Crippen LogP contribution in [0.1, 0.15) is 5.56 Å². The topological polar surface area (TPSA) is 107 Å². The van der Waals surface area contributed by atoms with Crippen molar-refractivity contribution in [3.05, 3.63) is 43.5 Å². The van der Waals surface area contributed by atoms with Gasteiger partial charge in [0.1, 0.15) is 6.20 Å². The maximum atomic E-state index is 10.9. The summed E-state index contributed by atoms with van der Waals surface area (Å²) < 4.78 is 0.700. The quantitative estimate of drug-likeness (QED) is 0.643. The summed E-state index contributed by atoms with van der Waals surface area (Å²) in [5, 5.41) is 14.3. The Hall–Kier alpha value is -1.93. The first-order chi connectivity index (χ1) is 9.38. The summed E-state index contributed by atoms with van der Waals surface area (Å²) in [6.07, 6.45) is 1.05. The minimum atomic E-state index is -0.592. The van der Waals surface area contributed by atoms with Gasteiger partial charge in [0.05, 0.1) is 10.6 Å². The molecule has 0 aliphatic heterocycles. The number of rotatable bonds is 3. The van der Waals surface area contributed by atoms with E-state index in [0.29, 0.717) is 15.2 Å². The number of nitro groups is 1. The zero-order valence-corrected chi connectivity index (χ0v) is 12.6. The summed E-state index contributed by atoms with van der Waals surface area (Å²) in [5.41, 5.74) is 6.59. The van der Waals surface area contributed by atoms with Gasteiger partial charge < -0.3 is 11.1 Å². The second kappa shape index (κ2) is 5.59. The number of nitrogens with one attached hydrogen (secondary N) is 1. The monoisotopic (exact) mass is 357 g/mol. The fourth-order valence-corrected chi connectivity index (χ4v) is 2.20. The molecule has 0 fully saturated rings. The highest BCUT2D eigenvalue weighted by Crippen LogP contribution is 2.33. The molecule has 1 heterocycles. The Balaban J connectivity index is 2.47. The van der Waals surface area contributed by atoms with Crippen LogP contribution >= 0.6 is 27.5 Å². The third-order valence-corrected chi connectivity index (χ3v) is 3.55. The van der Waals surface area contributed by atoms with Crippen molar-refractivity contribution < 1.29 is 4.92 Å². The molecule has 3 N–H and O–H groups in total. The molecule has 0 aliphatic carbocycles. The zero-order chi connectivity index (χ0) is 14.9. The largest absolute Gasteiger partial charge is 0.368 e. The van der Waals surface area contributed by atoms with Gasteiger partial charge in [-0.3, -0.25) is 10.1 Å². The van der Waals surface area contributed by atoms with Gasteiger partial charge in [0.2, 0.25) is 11.8 Å². The van der Waals surface area contributed by atoms with E-state index >= 15 is 0 Å². The summed E-state index contributed by atoms with van der Waals surface area (Å²) in [4.78, 5) is 17.8. The lowest BCUT2D eigenvalue weighted by atomic mass is 10.2. The average molecular weight is 359 g/mol. The molecule has 0 saturated heterocycles. The van der Waals surface area contributed by atoms with Gasteiger partial charge in [-0.15, -0.1) is 0 Å². The molecule has 2 aromatic rings. The molecule has 0 spiro atoms. The predicted molar refractivity (Wildman–Crippen MR) is 80.3 cm³/mol. The van der Waals surface area contributed by atoms with Gasteiger partial charge in [-0.05, 0) is 40.5 Å². The van der Waals surface area contributed by atoms with E-state index in [9.17, 15) is 10.1 Å². The molecule has 104 valence electrons. The fourth-order valence-electron chi connectivity index (χ4n) is 1.48. The zero-order valence-electron chi connectivity index (χ0n) is 10.2. The lowest BCUT2D eigenvalue weighted by molar-refractivity contribution is -0.384. The van der Waals surface area contributed by atoms with Gasteiger partial charge in [-0.25, -0.2) is 4.98 Å². The number of nitrogen functional groups attached to an aromatic ring is 1. The maximum absolute atomic E-state index is 10.9. The minimum Gasteiger partial charge on any atom is -0.368 e. The first kappa shape index (κ1) is 14.5. The molecule has 0 amide bonds. The highest BCUT2D eigenvalue weighted by atomic mass is 79.9. The van der Waals surface area contributed by atoms with Gasteiger partial charge in [-0.2, -0.15) is 4.98 Å². The van der Waals surface area contributed by atoms with E-state index in [2.05, 4.69) is 31.2 Å². The number of aryl methyl sites for hydroxylation is 1. The Labute approximate surface area is 127 Å². The lowest BCUT2D eigenvalue weighted by Crippen LogP contribution is -2.04. The molecule has 1 aromatic carbocycles. The van der Waals surface area contributed by atoms with Gasteiger partial charge >= 0.3 is 5.69 Å². The van der Waals surface area contributed by atoms with Crippen LogP contribution in [0, 0.1) is 17.0 Å². The van der Waals surface area contributed by atoms with Crippen LogP contribution in [0.5, 0.6) is 0 Å². The Morgan fingerprint density at radius 1 is 1.50 bits per heavy atom. The molecule has 2 rings (SSSR count). The number of hydrogen-bond acceptors (Lipinski definition) is 6. The molecule has 0 atom stereocenters. The van der Waals surface area contributed by atoms with Crippen molar-refractivity contribution in [1.29, 1.82) is 0 Å².